The fourth-order valence-corrected chi connectivity index (χ4v) is 5.52. The molecule has 1 atom stereocenters. The van der Waals surface area contributed by atoms with Crippen molar-refractivity contribution in [1.29, 1.82) is 0 Å². The van der Waals surface area contributed by atoms with E-state index in [1.165, 1.54) is 0 Å². The van der Waals surface area contributed by atoms with Crippen molar-refractivity contribution in [3.63, 3.8) is 0 Å². The molecule has 0 aromatic heterocycles. The molecular weight excluding hydrogens is 344 g/mol. The van der Waals surface area contributed by atoms with Crippen molar-refractivity contribution in [2.45, 2.75) is 90.3 Å². The summed E-state index contributed by atoms with van der Waals surface area (Å²) in [6.07, 6.45) is 4.84. The molecule has 5 heteroatoms. The fourth-order valence-electron chi connectivity index (χ4n) is 5.52. The minimum Gasteiger partial charge on any atom is -0.298 e. The summed E-state index contributed by atoms with van der Waals surface area (Å²) in [7, 11) is 0. The van der Waals surface area contributed by atoms with Gasteiger partial charge in [-0.2, -0.15) is 0 Å². The normalized spacial score (nSPS) is 30.9. The summed E-state index contributed by atoms with van der Waals surface area (Å²) < 4.78 is 30.2. The van der Waals surface area contributed by atoms with E-state index in [0.29, 0.717) is 24.3 Å². The van der Waals surface area contributed by atoms with E-state index in [-0.39, 0.29) is 12.1 Å². The Bertz CT molecular complexity index is 472. The van der Waals surface area contributed by atoms with Gasteiger partial charge in [0.15, 0.2) is 0 Å². The Hall–Kier alpha value is -0.260. The molecule has 3 saturated heterocycles. The zero-order valence-corrected chi connectivity index (χ0v) is 18.2. The van der Waals surface area contributed by atoms with Gasteiger partial charge in [-0.3, -0.25) is 14.7 Å². The van der Waals surface area contributed by atoms with E-state index in [1.807, 2.05) is 0 Å². The fraction of sp³-hybridized carbons (Fsp3) is 1.00. The zero-order valence-electron chi connectivity index (χ0n) is 18.2. The quantitative estimate of drug-likeness (QED) is 0.716. The lowest BCUT2D eigenvalue weighted by Crippen LogP contribution is -2.62. The van der Waals surface area contributed by atoms with E-state index in [0.717, 1.165) is 58.4 Å². The Balaban J connectivity index is 1.52. The highest BCUT2D eigenvalue weighted by Crippen LogP contribution is 2.36. The largest absolute Gasteiger partial charge is 0.298 e. The third kappa shape index (κ3) is 5.02. The van der Waals surface area contributed by atoms with Crippen molar-refractivity contribution in [1.82, 2.24) is 14.7 Å². The summed E-state index contributed by atoms with van der Waals surface area (Å²) in [5, 5.41) is 0. The number of rotatable bonds is 3. The van der Waals surface area contributed by atoms with Crippen LogP contribution in [0.3, 0.4) is 0 Å². The molecule has 27 heavy (non-hydrogen) atoms. The highest BCUT2D eigenvalue weighted by molar-refractivity contribution is 4.97. The van der Waals surface area contributed by atoms with Gasteiger partial charge >= 0.3 is 0 Å². The van der Waals surface area contributed by atoms with Crippen LogP contribution in [0.25, 0.3) is 0 Å². The van der Waals surface area contributed by atoms with Gasteiger partial charge in [0.1, 0.15) is 0 Å². The molecule has 0 aromatic carbocycles. The van der Waals surface area contributed by atoms with Crippen LogP contribution in [0.5, 0.6) is 0 Å². The number of hydrogen-bond donors (Lipinski definition) is 0. The van der Waals surface area contributed by atoms with Gasteiger partial charge in [-0.15, -0.1) is 0 Å². The van der Waals surface area contributed by atoms with Gasteiger partial charge in [-0.05, 0) is 77.8 Å². The molecule has 3 heterocycles. The Kier molecular flexibility index (Phi) is 6.54. The summed E-state index contributed by atoms with van der Waals surface area (Å²) >= 11 is 0. The minimum absolute atomic E-state index is 0.0397. The highest BCUT2D eigenvalue weighted by Gasteiger charge is 2.49. The molecule has 3 nitrogen and oxygen atoms in total. The number of alkyl halides is 2. The first kappa shape index (κ1) is 21.4. The zero-order chi connectivity index (χ0) is 19.8. The molecule has 3 rings (SSSR count). The number of halogens is 2. The second-order valence-electron chi connectivity index (χ2n) is 10.5. The monoisotopic (exact) mass is 385 g/mol. The van der Waals surface area contributed by atoms with Gasteiger partial charge < -0.3 is 0 Å². The number of hydrogen-bond acceptors (Lipinski definition) is 3. The van der Waals surface area contributed by atoms with Gasteiger partial charge in [0, 0.05) is 31.2 Å². The van der Waals surface area contributed by atoms with E-state index in [9.17, 15) is 0 Å². The number of likely N-dealkylation sites (tertiary alicyclic amines) is 3. The second-order valence-corrected chi connectivity index (χ2v) is 10.5. The number of piperidine rings is 3. The Morgan fingerprint density at radius 3 is 1.85 bits per heavy atom. The molecule has 3 fully saturated rings. The highest BCUT2D eigenvalue weighted by atomic mass is 19.3. The predicted octanol–water partition coefficient (Wildman–Crippen LogP) is 4.33. The molecule has 158 valence electrons. The first-order valence-corrected chi connectivity index (χ1v) is 11.2. The molecule has 0 saturated carbocycles. The van der Waals surface area contributed by atoms with E-state index < -0.39 is 12.0 Å². The summed E-state index contributed by atoms with van der Waals surface area (Å²) in [4.78, 5) is 6.71. The van der Waals surface area contributed by atoms with Crippen LogP contribution in [0.2, 0.25) is 0 Å². The van der Waals surface area contributed by atoms with Crippen molar-refractivity contribution in [3.05, 3.63) is 0 Å². The van der Waals surface area contributed by atoms with Crippen LogP contribution < -0.4 is 0 Å². The SMILES string of the molecule is CC(C)C1CCN([C@H]2CCN(C3CCN(C(C)(C)C)CC3)CC2(F)F)CC1. The van der Waals surface area contributed by atoms with E-state index in [1.54, 1.807) is 0 Å². The third-order valence-electron chi connectivity index (χ3n) is 7.48. The van der Waals surface area contributed by atoms with Gasteiger partial charge in [0.05, 0.1) is 12.6 Å². The maximum atomic E-state index is 15.1. The van der Waals surface area contributed by atoms with Gasteiger partial charge in [0.25, 0.3) is 5.92 Å². The maximum Gasteiger partial charge on any atom is 0.275 e. The summed E-state index contributed by atoms with van der Waals surface area (Å²) in [6.45, 7) is 15.8. The average molecular weight is 386 g/mol. The summed E-state index contributed by atoms with van der Waals surface area (Å²) in [5.41, 5.74) is 0.185. The first-order valence-electron chi connectivity index (χ1n) is 11.2. The molecule has 0 amide bonds. The van der Waals surface area contributed by atoms with Gasteiger partial charge in [-0.1, -0.05) is 13.8 Å². The van der Waals surface area contributed by atoms with Crippen molar-refractivity contribution >= 4 is 0 Å². The van der Waals surface area contributed by atoms with E-state index in [2.05, 4.69) is 49.3 Å². The van der Waals surface area contributed by atoms with Crippen LogP contribution >= 0.6 is 0 Å². The average Bonchev–Trinajstić information content (AvgIpc) is 2.60. The Morgan fingerprint density at radius 1 is 0.815 bits per heavy atom. The van der Waals surface area contributed by atoms with Crippen LogP contribution in [0, 0.1) is 11.8 Å². The Labute approximate surface area is 165 Å². The number of nitrogens with zero attached hydrogens (tertiary/aromatic N) is 3. The molecule has 0 radical (unpaired) electrons. The van der Waals surface area contributed by atoms with Crippen LogP contribution in [0.15, 0.2) is 0 Å². The molecule has 0 spiro atoms. The molecule has 0 aliphatic carbocycles. The minimum atomic E-state index is -2.58. The smallest absolute Gasteiger partial charge is 0.275 e. The third-order valence-corrected chi connectivity index (χ3v) is 7.48. The van der Waals surface area contributed by atoms with Gasteiger partial charge in [-0.25, -0.2) is 8.78 Å². The van der Waals surface area contributed by atoms with Crippen molar-refractivity contribution in [2.75, 3.05) is 39.3 Å². The van der Waals surface area contributed by atoms with Crippen LogP contribution in [-0.4, -0.2) is 77.5 Å². The van der Waals surface area contributed by atoms with E-state index in [4.69, 9.17) is 0 Å². The second kappa shape index (κ2) is 8.23. The van der Waals surface area contributed by atoms with Crippen LogP contribution in [0.1, 0.15) is 66.7 Å². The molecule has 0 unspecified atom stereocenters. The summed E-state index contributed by atoms with van der Waals surface area (Å²) in [5.74, 6) is -1.19. The lowest BCUT2D eigenvalue weighted by Gasteiger charge is -2.49. The molecular formula is C22H41F2N3. The molecule has 3 aliphatic rings. The lowest BCUT2D eigenvalue weighted by molar-refractivity contribution is -0.143. The van der Waals surface area contributed by atoms with Crippen molar-refractivity contribution < 1.29 is 8.78 Å². The molecule has 3 aliphatic heterocycles. The predicted molar refractivity (Wildman–Crippen MR) is 108 cm³/mol. The standard InChI is InChI=1S/C22H41F2N3/c1-17(2)18-6-11-25(12-7-18)20-10-13-26(16-22(20,23)24)19-8-14-27(15-9-19)21(3,4)5/h17-20H,6-16H2,1-5H3/t20-/m0/s1. The van der Waals surface area contributed by atoms with Crippen molar-refractivity contribution in [2.24, 2.45) is 11.8 Å². The maximum absolute atomic E-state index is 15.1. The van der Waals surface area contributed by atoms with E-state index >= 15 is 8.78 Å². The first-order chi connectivity index (χ1) is 12.6. The molecule has 0 bridgehead atoms. The molecule has 0 N–H and O–H groups in total. The molecule has 0 aromatic rings. The van der Waals surface area contributed by atoms with Gasteiger partial charge in [0.2, 0.25) is 0 Å². The van der Waals surface area contributed by atoms with Crippen molar-refractivity contribution in [3.8, 4) is 0 Å². The van der Waals surface area contributed by atoms with Crippen LogP contribution in [0.4, 0.5) is 8.78 Å². The topological polar surface area (TPSA) is 9.72 Å². The Morgan fingerprint density at radius 2 is 1.37 bits per heavy atom. The van der Waals surface area contributed by atoms with Crippen LogP contribution in [-0.2, 0) is 0 Å². The summed E-state index contributed by atoms with van der Waals surface area (Å²) in [6, 6.07) is -0.210. The lowest BCUT2D eigenvalue weighted by atomic mass is 9.85.